The van der Waals surface area contributed by atoms with Crippen molar-refractivity contribution in [3.63, 3.8) is 0 Å². The van der Waals surface area contributed by atoms with Gasteiger partial charge in [0.25, 0.3) is 0 Å². The molecule has 0 aliphatic carbocycles. The van der Waals surface area contributed by atoms with Gasteiger partial charge in [0.2, 0.25) is 27.9 Å². The van der Waals surface area contributed by atoms with Crippen LogP contribution in [0.3, 0.4) is 0 Å². The Morgan fingerprint density at radius 1 is 0.651 bits per heavy atom. The van der Waals surface area contributed by atoms with Crippen LogP contribution in [0.25, 0.3) is 0 Å². The molecular weight excluding hydrogens is 594 g/mol. The highest BCUT2D eigenvalue weighted by Crippen LogP contribution is 2.12. The zero-order valence-corrected chi connectivity index (χ0v) is 23.7. The highest BCUT2D eigenvalue weighted by Gasteiger charge is 2.15. The Morgan fingerprint density at radius 2 is 1.00 bits per heavy atom. The van der Waals surface area contributed by atoms with Crippen molar-refractivity contribution in [3.8, 4) is 0 Å². The largest absolute Gasteiger partial charge is 0.480 e. The summed E-state index contributed by atoms with van der Waals surface area (Å²) in [5, 5.41) is 49.9. The zero-order valence-electron chi connectivity index (χ0n) is 22.8. The number of rotatable bonds is 21. The van der Waals surface area contributed by atoms with Gasteiger partial charge in [-0.2, -0.15) is 15.0 Å². The molecule has 0 atom stereocenters. The van der Waals surface area contributed by atoms with Crippen LogP contribution in [0.1, 0.15) is 5.56 Å². The second kappa shape index (κ2) is 16.7. The molecule has 43 heavy (non-hydrogen) atoms. The van der Waals surface area contributed by atoms with Gasteiger partial charge in [0, 0.05) is 32.7 Å². The predicted molar refractivity (Wildman–Crippen MR) is 150 cm³/mol. The number of hydrogen-bond donors (Lipinski definition) is 8. The normalized spacial score (nSPS) is 11.3. The molecule has 1 aromatic heterocycles. The van der Waals surface area contributed by atoms with E-state index in [0.717, 1.165) is 5.56 Å². The molecule has 0 aliphatic heterocycles. The van der Waals surface area contributed by atoms with Crippen LogP contribution < -0.4 is 21.1 Å². The Labute approximate surface area is 245 Å². The molecule has 0 amide bonds. The maximum absolute atomic E-state index is 11.4. The molecule has 0 saturated heterocycles. The van der Waals surface area contributed by atoms with E-state index >= 15 is 0 Å². The van der Waals surface area contributed by atoms with Gasteiger partial charge in [-0.3, -0.25) is 29.0 Å². The van der Waals surface area contributed by atoms with Crippen LogP contribution in [-0.4, -0.2) is 136 Å². The van der Waals surface area contributed by atoms with Gasteiger partial charge in [0.1, 0.15) is 0 Å². The van der Waals surface area contributed by atoms with Crippen molar-refractivity contribution in [2.75, 3.05) is 74.9 Å². The number of hydrogen-bond acceptors (Lipinski definition) is 14. The molecule has 0 radical (unpaired) electrons. The maximum Gasteiger partial charge on any atom is 0.317 e. The van der Waals surface area contributed by atoms with Crippen LogP contribution in [-0.2, 0) is 35.6 Å². The van der Waals surface area contributed by atoms with Crippen LogP contribution >= 0.6 is 0 Å². The molecule has 0 fully saturated rings. The first-order chi connectivity index (χ1) is 20.2. The number of nitrogens with zero attached hydrogens (tertiary/aromatic N) is 5. The SMILES string of the molecule is NS(=O)(=O)c1ccc(CCNc2nc(NCCN(CC(=O)O)CC(=O)O)nc(NCCN(CC(=O)O)CC(=O)O)n2)cc1. The van der Waals surface area contributed by atoms with E-state index in [4.69, 9.17) is 25.6 Å². The average Bonchev–Trinajstić information content (AvgIpc) is 2.87. The highest BCUT2D eigenvalue weighted by molar-refractivity contribution is 7.89. The minimum absolute atomic E-state index is 0.0244. The van der Waals surface area contributed by atoms with Crippen LogP contribution in [0.5, 0.6) is 0 Å². The summed E-state index contributed by atoms with van der Waals surface area (Å²) < 4.78 is 22.9. The summed E-state index contributed by atoms with van der Waals surface area (Å²) in [4.78, 5) is 59.2. The molecule has 1 aromatic carbocycles. The summed E-state index contributed by atoms with van der Waals surface area (Å²) in [6, 6.07) is 5.98. The number of carbonyl (C=O) groups is 4. The molecule has 0 spiro atoms. The lowest BCUT2D eigenvalue weighted by Gasteiger charge is -2.19. The minimum atomic E-state index is -3.82. The number of aromatic nitrogens is 3. The molecule has 0 saturated carbocycles. The Kier molecular flexibility index (Phi) is 13.4. The average molecular weight is 628 g/mol. The molecule has 9 N–H and O–H groups in total. The Bertz CT molecular complexity index is 1280. The number of primary sulfonamides is 1. The number of nitrogens with two attached hydrogens (primary N) is 1. The minimum Gasteiger partial charge on any atom is -0.480 e. The van der Waals surface area contributed by atoms with Crippen molar-refractivity contribution < 1.29 is 48.0 Å². The predicted octanol–water partition coefficient (Wildman–Crippen LogP) is -2.06. The van der Waals surface area contributed by atoms with E-state index in [1.54, 1.807) is 12.1 Å². The van der Waals surface area contributed by atoms with E-state index < -0.39 is 60.1 Å². The van der Waals surface area contributed by atoms with Crippen LogP contribution in [0.4, 0.5) is 17.8 Å². The van der Waals surface area contributed by atoms with Gasteiger partial charge in [-0.05, 0) is 24.1 Å². The lowest BCUT2D eigenvalue weighted by atomic mass is 10.1. The lowest BCUT2D eigenvalue weighted by Crippen LogP contribution is -2.38. The van der Waals surface area contributed by atoms with Gasteiger partial charge in [0.15, 0.2) is 0 Å². The standard InChI is InChI=1S/C23H33N9O10S/c24-43(41,42)16-3-1-15(2-4-16)5-6-25-21-28-22(26-7-9-31(11-17(33)34)12-18(35)36)30-23(29-21)27-8-10-32(13-19(37)38)14-20(39)40/h1-4H,5-14H2,(H,33,34)(H,35,36)(H,37,38)(H,39,40)(H2,24,41,42)(H3,25,26,27,28,29,30). The highest BCUT2D eigenvalue weighted by atomic mass is 32.2. The second-order valence-electron chi connectivity index (χ2n) is 9.02. The number of aliphatic carboxylic acids is 4. The molecule has 19 nitrogen and oxygen atoms in total. The smallest absolute Gasteiger partial charge is 0.317 e. The first-order valence-corrected chi connectivity index (χ1v) is 14.2. The van der Waals surface area contributed by atoms with E-state index in [2.05, 4.69) is 30.9 Å². The molecular formula is C23H33N9O10S. The Hall–Kier alpha value is -4.66. The molecule has 2 aromatic rings. The summed E-state index contributed by atoms with van der Waals surface area (Å²) in [5.74, 6) is -4.57. The van der Waals surface area contributed by atoms with Gasteiger partial charge in [-0.15, -0.1) is 0 Å². The van der Waals surface area contributed by atoms with Gasteiger partial charge < -0.3 is 36.4 Å². The lowest BCUT2D eigenvalue weighted by molar-refractivity contribution is -0.143. The summed E-state index contributed by atoms with van der Waals surface area (Å²) in [7, 11) is -3.82. The third-order valence-electron chi connectivity index (χ3n) is 5.44. The van der Waals surface area contributed by atoms with Crippen LogP contribution in [0.2, 0.25) is 0 Å². The third kappa shape index (κ3) is 14.2. The quantitative estimate of drug-likeness (QED) is 0.0738. The number of nitrogens with one attached hydrogen (secondary N) is 3. The summed E-state index contributed by atoms with van der Waals surface area (Å²) in [6.07, 6.45) is 0.445. The zero-order chi connectivity index (χ0) is 32.0. The topological polar surface area (TPSA) is 291 Å². The fourth-order valence-electron chi connectivity index (χ4n) is 3.62. The van der Waals surface area contributed by atoms with E-state index in [0.29, 0.717) is 13.0 Å². The van der Waals surface area contributed by atoms with Crippen molar-refractivity contribution in [1.29, 1.82) is 0 Å². The first-order valence-electron chi connectivity index (χ1n) is 12.6. The number of carboxylic acids is 4. The van der Waals surface area contributed by atoms with Crippen LogP contribution in [0.15, 0.2) is 29.2 Å². The molecule has 0 bridgehead atoms. The molecule has 0 unspecified atom stereocenters. The molecule has 1 heterocycles. The number of benzene rings is 1. The van der Waals surface area contributed by atoms with E-state index in [-0.39, 0.29) is 48.9 Å². The maximum atomic E-state index is 11.4. The van der Waals surface area contributed by atoms with Crippen LogP contribution in [0, 0.1) is 0 Å². The molecule has 2 rings (SSSR count). The van der Waals surface area contributed by atoms with Crippen molar-refractivity contribution in [3.05, 3.63) is 29.8 Å². The second-order valence-corrected chi connectivity index (χ2v) is 10.6. The van der Waals surface area contributed by atoms with Gasteiger partial charge >= 0.3 is 23.9 Å². The van der Waals surface area contributed by atoms with Crippen molar-refractivity contribution in [1.82, 2.24) is 24.8 Å². The Morgan fingerprint density at radius 3 is 1.33 bits per heavy atom. The number of sulfonamides is 1. The first kappa shape index (κ1) is 34.5. The Balaban J connectivity index is 2.11. The summed E-state index contributed by atoms with van der Waals surface area (Å²) in [6.45, 7) is -1.45. The fourth-order valence-corrected chi connectivity index (χ4v) is 4.14. The summed E-state index contributed by atoms with van der Waals surface area (Å²) >= 11 is 0. The molecule has 0 aliphatic rings. The van der Waals surface area contributed by atoms with Crippen molar-refractivity contribution in [2.45, 2.75) is 11.3 Å². The molecule has 236 valence electrons. The number of anilines is 3. The van der Waals surface area contributed by atoms with Crippen molar-refractivity contribution in [2.24, 2.45) is 5.14 Å². The monoisotopic (exact) mass is 627 g/mol. The van der Waals surface area contributed by atoms with Gasteiger partial charge in [-0.25, -0.2) is 13.6 Å². The van der Waals surface area contributed by atoms with Crippen molar-refractivity contribution >= 4 is 51.7 Å². The van der Waals surface area contributed by atoms with Gasteiger partial charge in [0.05, 0.1) is 31.1 Å². The van der Waals surface area contributed by atoms with Gasteiger partial charge in [-0.1, -0.05) is 12.1 Å². The number of carboxylic acid groups (broad SMARTS) is 4. The van der Waals surface area contributed by atoms with E-state index in [9.17, 15) is 27.6 Å². The summed E-state index contributed by atoms with van der Waals surface area (Å²) in [5.41, 5.74) is 0.791. The molecule has 20 heteroatoms. The van der Waals surface area contributed by atoms with E-state index in [1.807, 2.05) is 0 Å². The fraction of sp³-hybridized carbons (Fsp3) is 0.435. The third-order valence-corrected chi connectivity index (χ3v) is 6.37. The van der Waals surface area contributed by atoms with E-state index in [1.165, 1.54) is 21.9 Å².